The molecule has 0 atom stereocenters. The third kappa shape index (κ3) is 4.36. The molecule has 7 nitrogen and oxygen atoms in total. The van der Waals surface area contributed by atoms with Gasteiger partial charge in [0.2, 0.25) is 0 Å². The van der Waals surface area contributed by atoms with Gasteiger partial charge in [-0.1, -0.05) is 17.3 Å². The molecular weight excluding hydrogens is 318 g/mol. The monoisotopic (exact) mass is 343 g/mol. The van der Waals surface area contributed by atoms with Gasteiger partial charge in [-0.25, -0.2) is 4.68 Å². The van der Waals surface area contributed by atoms with Crippen LogP contribution in [0.15, 0.2) is 24.3 Å². The molecule has 25 heavy (non-hydrogen) atoms. The average molecular weight is 343 g/mol. The number of nitrogens with zero attached hydrogens (tertiary/aromatic N) is 3. The van der Waals surface area contributed by atoms with E-state index in [9.17, 15) is 4.79 Å². The Morgan fingerprint density at radius 1 is 1.36 bits per heavy atom. The van der Waals surface area contributed by atoms with E-state index in [1.165, 1.54) is 0 Å². The minimum absolute atomic E-state index is 0.203. The van der Waals surface area contributed by atoms with Gasteiger partial charge in [-0.05, 0) is 57.5 Å². The van der Waals surface area contributed by atoms with Gasteiger partial charge in [0.05, 0.1) is 18.3 Å². The first-order valence-corrected chi connectivity index (χ1v) is 8.75. The highest BCUT2D eigenvalue weighted by atomic mass is 16.5. The van der Waals surface area contributed by atoms with E-state index >= 15 is 0 Å². The smallest absolute Gasteiger partial charge is 0.273 e. The summed E-state index contributed by atoms with van der Waals surface area (Å²) in [4.78, 5) is 12.3. The number of benzene rings is 1. The maximum atomic E-state index is 12.3. The fraction of sp³-hybridized carbons (Fsp3) is 0.500. The molecule has 7 heteroatoms. The molecule has 0 saturated carbocycles. The van der Waals surface area contributed by atoms with Gasteiger partial charge < -0.3 is 15.4 Å². The molecule has 1 aliphatic rings. The molecule has 1 amide bonds. The quantitative estimate of drug-likeness (QED) is 0.779. The van der Waals surface area contributed by atoms with Crippen LogP contribution in [0.2, 0.25) is 0 Å². The molecule has 134 valence electrons. The van der Waals surface area contributed by atoms with Crippen LogP contribution in [0.5, 0.6) is 5.75 Å². The van der Waals surface area contributed by atoms with Crippen molar-refractivity contribution in [3.63, 3.8) is 0 Å². The molecule has 0 unspecified atom stereocenters. The number of aromatic nitrogens is 3. The lowest BCUT2D eigenvalue weighted by molar-refractivity contribution is 0.0941. The van der Waals surface area contributed by atoms with Crippen LogP contribution in [-0.4, -0.2) is 47.1 Å². The number of nitrogens with one attached hydrogen (secondary N) is 2. The van der Waals surface area contributed by atoms with Gasteiger partial charge in [-0.2, -0.15) is 0 Å². The molecule has 1 aromatic heterocycles. The Morgan fingerprint density at radius 3 is 2.92 bits per heavy atom. The van der Waals surface area contributed by atoms with Crippen LogP contribution in [0.1, 0.15) is 40.6 Å². The molecular formula is C18H25N5O2. The molecule has 1 saturated heterocycles. The summed E-state index contributed by atoms with van der Waals surface area (Å²) in [7, 11) is 0. The highest BCUT2D eigenvalue weighted by Gasteiger charge is 2.22. The first-order valence-electron chi connectivity index (χ1n) is 8.75. The lowest BCUT2D eigenvalue weighted by atomic mass is 10.1. The molecule has 1 fully saturated rings. The number of rotatable bonds is 6. The third-order valence-electron chi connectivity index (χ3n) is 4.44. The summed E-state index contributed by atoms with van der Waals surface area (Å²) in [6.45, 7) is 6.70. The lowest BCUT2D eigenvalue weighted by Gasteiger charge is -2.23. The fourth-order valence-corrected chi connectivity index (χ4v) is 3.07. The number of ether oxygens (including phenoxy) is 1. The zero-order chi connectivity index (χ0) is 17.6. The summed E-state index contributed by atoms with van der Waals surface area (Å²) in [6, 6.07) is 8.16. The number of amides is 1. The molecule has 0 bridgehead atoms. The lowest BCUT2D eigenvalue weighted by Crippen LogP contribution is -2.31. The third-order valence-corrected chi connectivity index (χ3v) is 4.44. The molecule has 3 rings (SSSR count). The van der Waals surface area contributed by atoms with Gasteiger partial charge in [-0.15, -0.1) is 5.10 Å². The summed E-state index contributed by atoms with van der Waals surface area (Å²) < 4.78 is 7.53. The van der Waals surface area contributed by atoms with Crippen molar-refractivity contribution in [2.45, 2.75) is 32.7 Å². The number of carbonyl (C=O) groups excluding carboxylic acids is 1. The largest absolute Gasteiger partial charge is 0.492 e. The maximum Gasteiger partial charge on any atom is 0.273 e. The summed E-state index contributed by atoms with van der Waals surface area (Å²) >= 11 is 0. The van der Waals surface area contributed by atoms with Crippen molar-refractivity contribution in [2.24, 2.45) is 0 Å². The standard InChI is InChI=1S/C18H25N5O2/c1-13-4-3-5-16(12-13)25-11-10-20-18(24)17-14(2)23(22-21-17)15-6-8-19-9-7-15/h3-5,12,15,19H,6-11H2,1-2H3,(H,20,24). The molecule has 0 radical (unpaired) electrons. The Morgan fingerprint density at radius 2 is 2.16 bits per heavy atom. The Balaban J connectivity index is 1.50. The number of hydrogen-bond acceptors (Lipinski definition) is 5. The Labute approximate surface area is 147 Å². The van der Waals surface area contributed by atoms with Crippen LogP contribution in [0.4, 0.5) is 0 Å². The van der Waals surface area contributed by atoms with Gasteiger partial charge in [0, 0.05) is 0 Å². The van der Waals surface area contributed by atoms with Gasteiger partial charge in [-0.3, -0.25) is 4.79 Å². The summed E-state index contributed by atoms with van der Waals surface area (Å²) in [5.41, 5.74) is 2.37. The zero-order valence-corrected chi connectivity index (χ0v) is 14.8. The van der Waals surface area contributed by atoms with Crippen LogP contribution < -0.4 is 15.4 Å². The van der Waals surface area contributed by atoms with Crippen LogP contribution in [-0.2, 0) is 0 Å². The molecule has 2 N–H and O–H groups in total. The molecule has 0 spiro atoms. The predicted molar refractivity (Wildman–Crippen MR) is 94.9 cm³/mol. The number of aryl methyl sites for hydroxylation is 1. The second-order valence-electron chi connectivity index (χ2n) is 6.37. The van der Waals surface area contributed by atoms with E-state index < -0.39 is 0 Å². The van der Waals surface area contributed by atoms with Crippen molar-refractivity contribution < 1.29 is 9.53 Å². The van der Waals surface area contributed by atoms with Crippen LogP contribution in [0.3, 0.4) is 0 Å². The first kappa shape index (κ1) is 17.4. The van der Waals surface area contributed by atoms with Crippen molar-refractivity contribution in [2.75, 3.05) is 26.2 Å². The minimum atomic E-state index is -0.203. The van der Waals surface area contributed by atoms with Crippen molar-refractivity contribution in [1.82, 2.24) is 25.6 Å². The zero-order valence-electron chi connectivity index (χ0n) is 14.8. The van der Waals surface area contributed by atoms with E-state index in [0.717, 1.165) is 42.9 Å². The Bertz CT molecular complexity index is 722. The number of carbonyl (C=O) groups is 1. The van der Waals surface area contributed by atoms with Gasteiger partial charge in [0.25, 0.3) is 5.91 Å². The Kier molecular flexibility index (Phi) is 5.65. The second kappa shape index (κ2) is 8.11. The van der Waals surface area contributed by atoms with Gasteiger partial charge in [0.1, 0.15) is 12.4 Å². The van der Waals surface area contributed by atoms with Gasteiger partial charge >= 0.3 is 0 Å². The van der Waals surface area contributed by atoms with Crippen LogP contribution in [0.25, 0.3) is 0 Å². The first-order chi connectivity index (χ1) is 12.1. The van der Waals surface area contributed by atoms with Crippen molar-refractivity contribution in [1.29, 1.82) is 0 Å². The number of piperidine rings is 1. The number of hydrogen-bond donors (Lipinski definition) is 2. The van der Waals surface area contributed by atoms with E-state index in [-0.39, 0.29) is 5.91 Å². The van der Waals surface area contributed by atoms with E-state index in [0.29, 0.717) is 24.9 Å². The van der Waals surface area contributed by atoms with E-state index in [4.69, 9.17) is 4.74 Å². The summed E-state index contributed by atoms with van der Waals surface area (Å²) in [5.74, 6) is 0.604. The minimum Gasteiger partial charge on any atom is -0.492 e. The van der Waals surface area contributed by atoms with E-state index in [2.05, 4.69) is 20.9 Å². The second-order valence-corrected chi connectivity index (χ2v) is 6.37. The highest BCUT2D eigenvalue weighted by Crippen LogP contribution is 2.20. The molecule has 0 aliphatic carbocycles. The molecule has 1 aliphatic heterocycles. The SMILES string of the molecule is Cc1cccc(OCCNC(=O)c2nnn(C3CCNCC3)c2C)c1. The van der Waals surface area contributed by atoms with Crippen molar-refractivity contribution in [3.8, 4) is 5.75 Å². The summed E-state index contributed by atoms with van der Waals surface area (Å²) in [5, 5.41) is 14.5. The van der Waals surface area contributed by atoms with Crippen molar-refractivity contribution >= 4 is 5.91 Å². The molecule has 1 aromatic carbocycles. The summed E-state index contributed by atoms with van der Waals surface area (Å²) in [6.07, 6.45) is 2.02. The van der Waals surface area contributed by atoms with Crippen LogP contribution >= 0.6 is 0 Å². The van der Waals surface area contributed by atoms with Crippen LogP contribution in [0, 0.1) is 13.8 Å². The predicted octanol–water partition coefficient (Wildman–Crippen LogP) is 1.63. The Hall–Kier alpha value is -2.41. The maximum absolute atomic E-state index is 12.3. The molecule has 2 heterocycles. The average Bonchev–Trinajstić information content (AvgIpc) is 3.01. The highest BCUT2D eigenvalue weighted by molar-refractivity contribution is 5.93. The molecule has 2 aromatic rings. The normalized spacial score (nSPS) is 15.1. The fourth-order valence-electron chi connectivity index (χ4n) is 3.07. The van der Waals surface area contributed by atoms with E-state index in [1.807, 2.05) is 42.8 Å². The van der Waals surface area contributed by atoms with E-state index in [1.54, 1.807) is 0 Å². The van der Waals surface area contributed by atoms with Gasteiger partial charge in [0.15, 0.2) is 5.69 Å². The topological polar surface area (TPSA) is 81.1 Å². The van der Waals surface area contributed by atoms with Crippen molar-refractivity contribution in [3.05, 3.63) is 41.2 Å².